The summed E-state index contributed by atoms with van der Waals surface area (Å²) in [7, 11) is 3.44. The zero-order chi connectivity index (χ0) is 25.8. The van der Waals surface area contributed by atoms with Crippen molar-refractivity contribution >= 4 is 30.3 Å². The molecule has 1 unspecified atom stereocenters. The molecule has 1 saturated carbocycles. The number of piperidine rings is 1. The molecule has 0 bridgehead atoms. The van der Waals surface area contributed by atoms with Crippen LogP contribution in [0.25, 0.3) is 0 Å². The Morgan fingerprint density at radius 1 is 1.23 bits per heavy atom. The third-order valence-electron chi connectivity index (χ3n) is 7.14. The number of carbonyl (C=O) groups excluding carboxylic acids is 4. The smallest absolute Gasteiger partial charge is 0.410 e. The van der Waals surface area contributed by atoms with Crippen molar-refractivity contribution in [3.05, 3.63) is 29.3 Å². The molecule has 1 aromatic carbocycles. The molecule has 1 aliphatic heterocycles. The van der Waals surface area contributed by atoms with E-state index in [2.05, 4.69) is 17.4 Å². The number of likely N-dealkylation sites (tertiary alicyclic amines) is 1. The first kappa shape index (κ1) is 26.7. The predicted octanol–water partition coefficient (Wildman–Crippen LogP) is 3.56. The van der Waals surface area contributed by atoms with Crippen molar-refractivity contribution in [2.24, 2.45) is 0 Å². The molecule has 0 spiro atoms. The maximum atomic E-state index is 12.6. The van der Waals surface area contributed by atoms with E-state index in [1.165, 1.54) is 0 Å². The molecule has 0 radical (unpaired) electrons. The minimum atomic E-state index is -0.519. The zero-order valence-corrected chi connectivity index (χ0v) is 21.6. The van der Waals surface area contributed by atoms with Crippen molar-refractivity contribution < 1.29 is 23.9 Å². The summed E-state index contributed by atoms with van der Waals surface area (Å²) in [6, 6.07) is 5.70. The van der Waals surface area contributed by atoms with Gasteiger partial charge in [-0.1, -0.05) is 12.1 Å². The van der Waals surface area contributed by atoms with Crippen LogP contribution in [0, 0.1) is 0 Å². The van der Waals surface area contributed by atoms with Crippen molar-refractivity contribution in [3.8, 4) is 0 Å². The Morgan fingerprint density at radius 3 is 2.40 bits per heavy atom. The van der Waals surface area contributed by atoms with E-state index in [9.17, 15) is 19.2 Å². The lowest BCUT2D eigenvalue weighted by Gasteiger charge is -2.35. The Morgan fingerprint density at radius 2 is 1.89 bits per heavy atom. The zero-order valence-electron chi connectivity index (χ0n) is 21.6. The van der Waals surface area contributed by atoms with E-state index in [1.54, 1.807) is 11.9 Å². The number of amides is 2. The number of benzene rings is 1. The molecule has 1 aromatic rings. The van der Waals surface area contributed by atoms with Gasteiger partial charge >= 0.3 is 6.09 Å². The summed E-state index contributed by atoms with van der Waals surface area (Å²) < 4.78 is 5.51. The molecule has 1 N–H and O–H groups in total. The number of nitrogens with one attached hydrogen (secondary N) is 1. The average Bonchev–Trinajstić information content (AvgIpc) is 3.64. The average molecular weight is 486 g/mol. The summed E-state index contributed by atoms with van der Waals surface area (Å²) in [6.45, 7) is 6.85. The summed E-state index contributed by atoms with van der Waals surface area (Å²) in [4.78, 5) is 51.8. The van der Waals surface area contributed by atoms with Gasteiger partial charge in [-0.3, -0.25) is 4.79 Å². The van der Waals surface area contributed by atoms with E-state index in [-0.39, 0.29) is 24.3 Å². The molecule has 1 atom stereocenters. The minimum absolute atomic E-state index is 0.158. The monoisotopic (exact) mass is 485 g/mol. The molecule has 35 heavy (non-hydrogen) atoms. The molecule has 2 aliphatic rings. The molecular formula is C27H39N3O5. The van der Waals surface area contributed by atoms with Gasteiger partial charge in [-0.2, -0.15) is 0 Å². The lowest BCUT2D eigenvalue weighted by atomic mass is 9.85. The standard InChI is InChI=1S/C27H39N3O5/c1-26(2,3)35-25(34)30-14-10-19(11-15-30)20-8-9-22(21(17-20)27(18-32)12-13-27)29(5)23(7-6-16-31)24(33)28-4/h8-9,16-19,23H,6-7,10-15H2,1-5H3,(H,28,33). The first-order chi connectivity index (χ1) is 16.5. The van der Waals surface area contributed by atoms with E-state index in [0.717, 1.165) is 55.1 Å². The number of carbonyl (C=O) groups is 4. The lowest BCUT2D eigenvalue weighted by molar-refractivity contribution is -0.122. The Balaban J connectivity index is 1.83. The predicted molar refractivity (Wildman–Crippen MR) is 135 cm³/mol. The summed E-state index contributed by atoms with van der Waals surface area (Å²) in [5, 5.41) is 2.69. The van der Waals surface area contributed by atoms with Gasteiger partial charge in [-0.05, 0) is 76.0 Å². The number of nitrogens with zero attached hydrogens (tertiary/aromatic N) is 2. The fourth-order valence-corrected chi connectivity index (χ4v) is 4.88. The second-order valence-corrected chi connectivity index (χ2v) is 10.8. The fraction of sp³-hybridized carbons (Fsp3) is 0.630. The summed E-state index contributed by atoms with van der Waals surface area (Å²) >= 11 is 0. The number of hydrogen-bond acceptors (Lipinski definition) is 6. The molecule has 0 aromatic heterocycles. The van der Waals surface area contributed by atoms with Gasteiger partial charge in [0.05, 0.1) is 5.41 Å². The number of hydrogen-bond donors (Lipinski definition) is 1. The first-order valence-electron chi connectivity index (χ1n) is 12.5. The number of anilines is 1. The maximum absolute atomic E-state index is 12.6. The molecule has 1 saturated heterocycles. The molecule has 8 heteroatoms. The first-order valence-corrected chi connectivity index (χ1v) is 12.5. The van der Waals surface area contributed by atoms with Crippen LogP contribution in [-0.2, 0) is 24.5 Å². The Hall–Kier alpha value is -2.90. The highest BCUT2D eigenvalue weighted by molar-refractivity contribution is 5.87. The summed E-state index contributed by atoms with van der Waals surface area (Å²) in [5.41, 5.74) is 1.91. The van der Waals surface area contributed by atoms with Crippen molar-refractivity contribution in [2.75, 3.05) is 32.1 Å². The van der Waals surface area contributed by atoms with Crippen LogP contribution in [-0.4, -0.2) is 68.3 Å². The normalized spacial score (nSPS) is 18.4. The van der Waals surface area contributed by atoms with Crippen LogP contribution >= 0.6 is 0 Å². The van der Waals surface area contributed by atoms with Crippen LogP contribution < -0.4 is 10.2 Å². The van der Waals surface area contributed by atoms with Crippen LogP contribution in [0.5, 0.6) is 0 Å². The third-order valence-corrected chi connectivity index (χ3v) is 7.14. The van der Waals surface area contributed by atoms with Crippen molar-refractivity contribution in [2.45, 2.75) is 82.3 Å². The molecule has 2 fully saturated rings. The Kier molecular flexibility index (Phi) is 8.23. The highest BCUT2D eigenvalue weighted by Gasteiger charge is 2.47. The molecule has 1 heterocycles. The fourth-order valence-electron chi connectivity index (χ4n) is 4.88. The largest absolute Gasteiger partial charge is 0.444 e. The molecule has 3 rings (SSSR count). The van der Waals surface area contributed by atoms with Crippen LogP contribution in [0.3, 0.4) is 0 Å². The molecule has 192 valence electrons. The van der Waals surface area contributed by atoms with Crippen molar-refractivity contribution in [1.29, 1.82) is 0 Å². The molecule has 1 aliphatic carbocycles. The quantitative estimate of drug-likeness (QED) is 0.538. The van der Waals surface area contributed by atoms with Crippen LogP contribution in [0.4, 0.5) is 10.5 Å². The SMILES string of the molecule is CNC(=O)C(CCC=O)N(C)c1ccc(C2CCN(C(=O)OC(C)(C)C)CC2)cc1C1(C=O)CC1. The van der Waals surface area contributed by atoms with Gasteiger partial charge in [0.25, 0.3) is 0 Å². The Labute approximate surface area is 208 Å². The highest BCUT2D eigenvalue weighted by Crippen LogP contribution is 2.50. The maximum Gasteiger partial charge on any atom is 0.410 e. The van der Waals surface area contributed by atoms with Crippen molar-refractivity contribution in [3.63, 3.8) is 0 Å². The van der Waals surface area contributed by atoms with Gasteiger partial charge in [-0.15, -0.1) is 0 Å². The van der Waals surface area contributed by atoms with E-state index < -0.39 is 17.1 Å². The van der Waals surface area contributed by atoms with Crippen LogP contribution in [0.2, 0.25) is 0 Å². The van der Waals surface area contributed by atoms with Gasteiger partial charge in [-0.25, -0.2) is 4.79 Å². The van der Waals surface area contributed by atoms with E-state index in [1.807, 2.05) is 38.8 Å². The number of ether oxygens (including phenoxy) is 1. The van der Waals surface area contributed by atoms with Crippen molar-refractivity contribution in [1.82, 2.24) is 10.2 Å². The van der Waals surface area contributed by atoms with Gasteiger partial charge in [0.1, 0.15) is 24.2 Å². The topological polar surface area (TPSA) is 96.0 Å². The molecule has 2 amide bonds. The number of rotatable bonds is 9. The molecular weight excluding hydrogens is 446 g/mol. The lowest BCUT2D eigenvalue weighted by Crippen LogP contribution is -2.45. The number of aldehydes is 2. The second kappa shape index (κ2) is 10.8. The van der Waals surface area contributed by atoms with Gasteiger partial charge in [0.2, 0.25) is 5.91 Å². The Bertz CT molecular complexity index is 943. The summed E-state index contributed by atoms with van der Waals surface area (Å²) in [5.74, 6) is 0.119. The minimum Gasteiger partial charge on any atom is -0.444 e. The van der Waals surface area contributed by atoms with E-state index >= 15 is 0 Å². The van der Waals surface area contributed by atoms with Gasteiger partial charge < -0.3 is 29.4 Å². The summed E-state index contributed by atoms with van der Waals surface area (Å²) in [6.07, 6.45) is 5.49. The van der Waals surface area contributed by atoms with Gasteiger partial charge in [0, 0.05) is 39.3 Å². The third kappa shape index (κ3) is 6.21. The molecule has 8 nitrogen and oxygen atoms in total. The van der Waals surface area contributed by atoms with E-state index in [4.69, 9.17) is 4.74 Å². The van der Waals surface area contributed by atoms with Gasteiger partial charge in [0.15, 0.2) is 0 Å². The van der Waals surface area contributed by atoms with Crippen LogP contribution in [0.1, 0.15) is 76.3 Å². The number of likely N-dealkylation sites (N-methyl/N-ethyl adjacent to an activating group) is 2. The highest BCUT2D eigenvalue weighted by atomic mass is 16.6. The van der Waals surface area contributed by atoms with Crippen LogP contribution in [0.15, 0.2) is 18.2 Å². The van der Waals surface area contributed by atoms with E-state index in [0.29, 0.717) is 19.5 Å². The second-order valence-electron chi connectivity index (χ2n) is 10.8.